The lowest BCUT2D eigenvalue weighted by atomic mass is 9.95. The van der Waals surface area contributed by atoms with Gasteiger partial charge < -0.3 is 24.8 Å². The van der Waals surface area contributed by atoms with Gasteiger partial charge in [0.1, 0.15) is 42.2 Å². The van der Waals surface area contributed by atoms with Crippen molar-refractivity contribution in [3.05, 3.63) is 46.0 Å². The Morgan fingerprint density at radius 2 is 2.11 bits per heavy atom. The van der Waals surface area contributed by atoms with Crippen LogP contribution in [-0.2, 0) is 0 Å². The first kappa shape index (κ1) is 27.7. The first-order chi connectivity index (χ1) is 22.3. The molecule has 4 aromatic rings. The molecule has 0 spiro atoms. The second-order valence-electron chi connectivity index (χ2n) is 13.1. The van der Waals surface area contributed by atoms with Crippen LogP contribution < -0.4 is 25.2 Å². The van der Waals surface area contributed by atoms with E-state index in [-0.39, 0.29) is 71.1 Å². The fourth-order valence-corrected chi connectivity index (χ4v) is 8.46. The first-order valence-corrected chi connectivity index (χ1v) is 15.8. The number of hydrogen-bond acceptors (Lipinski definition) is 10. The molecule has 0 aliphatic carbocycles. The van der Waals surface area contributed by atoms with Gasteiger partial charge in [-0.3, -0.25) is 9.69 Å². The van der Waals surface area contributed by atoms with E-state index in [9.17, 15) is 18.7 Å². The molecule has 46 heavy (non-hydrogen) atoms. The SMILES string of the molecule is C#Cc1c(F)ccc2cc(O)cc(-n3nc4c5c(nc(OC[C@@]67CCCN6C[C@H](F)C7)nc5c3=O)N3CC5CCC(N5)C3CO4)c12. The number of aromatic hydroxyl groups is 1. The molecule has 4 fully saturated rings. The highest BCUT2D eigenvalue weighted by atomic mass is 19.1. The van der Waals surface area contributed by atoms with Crippen molar-refractivity contribution in [2.24, 2.45) is 0 Å². The maximum absolute atomic E-state index is 14.9. The Labute approximate surface area is 262 Å². The van der Waals surface area contributed by atoms with Gasteiger partial charge in [-0.1, -0.05) is 12.0 Å². The Bertz CT molecular complexity index is 2050. The molecule has 13 heteroatoms. The highest BCUT2D eigenvalue weighted by Gasteiger charge is 2.50. The summed E-state index contributed by atoms with van der Waals surface area (Å²) in [5.41, 5.74) is -1.06. The van der Waals surface area contributed by atoms with Crippen LogP contribution in [0.2, 0.25) is 0 Å². The summed E-state index contributed by atoms with van der Waals surface area (Å²) in [5.74, 6) is 2.21. The zero-order valence-electron chi connectivity index (χ0n) is 24.9. The van der Waals surface area contributed by atoms with Crippen LogP contribution in [0.25, 0.3) is 27.4 Å². The van der Waals surface area contributed by atoms with Gasteiger partial charge in [-0.25, -0.2) is 8.78 Å². The van der Waals surface area contributed by atoms with Crippen molar-refractivity contribution in [1.82, 2.24) is 30.0 Å². The van der Waals surface area contributed by atoms with E-state index in [2.05, 4.69) is 31.1 Å². The Balaban J connectivity index is 1.25. The lowest BCUT2D eigenvalue weighted by Crippen LogP contribution is -2.60. The molecular formula is C33H31F2N7O4. The Morgan fingerprint density at radius 3 is 2.98 bits per heavy atom. The number of phenols is 1. The molecule has 3 unspecified atom stereocenters. The van der Waals surface area contributed by atoms with Gasteiger partial charge in [0, 0.05) is 43.0 Å². The molecular weight excluding hydrogens is 596 g/mol. The Hall–Kier alpha value is -4.54. The van der Waals surface area contributed by atoms with E-state index in [1.807, 2.05) is 0 Å². The smallest absolute Gasteiger partial charge is 0.319 e. The molecule has 4 saturated heterocycles. The highest BCUT2D eigenvalue weighted by molar-refractivity contribution is 5.98. The number of piperazine rings is 1. The van der Waals surface area contributed by atoms with Crippen molar-refractivity contribution in [1.29, 1.82) is 0 Å². The Kier molecular flexibility index (Phi) is 6.02. The summed E-state index contributed by atoms with van der Waals surface area (Å²) in [4.78, 5) is 28.3. The van der Waals surface area contributed by atoms with Crippen LogP contribution in [0.3, 0.4) is 0 Å². The van der Waals surface area contributed by atoms with Crippen molar-refractivity contribution in [3.63, 3.8) is 0 Å². The van der Waals surface area contributed by atoms with E-state index in [1.165, 1.54) is 24.3 Å². The number of alkyl halides is 1. The second-order valence-corrected chi connectivity index (χ2v) is 13.1. The molecule has 0 saturated carbocycles. The summed E-state index contributed by atoms with van der Waals surface area (Å²) in [7, 11) is 0. The van der Waals surface area contributed by atoms with E-state index < -0.39 is 23.1 Å². The van der Waals surface area contributed by atoms with E-state index in [0.717, 1.165) is 36.9 Å². The number of benzene rings is 2. The van der Waals surface area contributed by atoms with Gasteiger partial charge >= 0.3 is 6.01 Å². The molecule has 2 aromatic heterocycles. The molecule has 0 amide bonds. The topological polar surface area (TPSA) is 118 Å². The minimum atomic E-state index is -0.920. The van der Waals surface area contributed by atoms with Crippen LogP contribution in [-0.4, -0.2) is 92.4 Å². The van der Waals surface area contributed by atoms with Gasteiger partial charge in [-0.2, -0.15) is 14.6 Å². The summed E-state index contributed by atoms with van der Waals surface area (Å²) in [6.45, 7) is 2.32. The van der Waals surface area contributed by atoms with Gasteiger partial charge in [-0.15, -0.1) is 11.5 Å². The molecule has 9 rings (SSSR count). The molecule has 236 valence electrons. The van der Waals surface area contributed by atoms with E-state index >= 15 is 0 Å². The van der Waals surface area contributed by atoms with Crippen LogP contribution >= 0.6 is 0 Å². The van der Waals surface area contributed by atoms with Gasteiger partial charge in [-0.05, 0) is 49.7 Å². The third kappa shape index (κ3) is 4.02. The first-order valence-electron chi connectivity index (χ1n) is 15.8. The largest absolute Gasteiger partial charge is 0.508 e. The molecule has 5 aliphatic heterocycles. The normalized spacial score (nSPS) is 28.2. The molecule has 2 bridgehead atoms. The number of halogens is 2. The lowest BCUT2D eigenvalue weighted by Gasteiger charge is -2.40. The van der Waals surface area contributed by atoms with Crippen molar-refractivity contribution >= 4 is 27.5 Å². The molecule has 5 aliphatic rings. The van der Waals surface area contributed by atoms with Crippen LogP contribution in [0.5, 0.6) is 17.6 Å². The summed E-state index contributed by atoms with van der Waals surface area (Å²) < 4.78 is 43.1. The van der Waals surface area contributed by atoms with Crippen LogP contribution in [0.1, 0.15) is 37.7 Å². The third-order valence-electron chi connectivity index (χ3n) is 10.5. The van der Waals surface area contributed by atoms with Crippen molar-refractivity contribution in [3.8, 4) is 35.7 Å². The summed E-state index contributed by atoms with van der Waals surface area (Å²) in [6.07, 6.45) is 8.94. The second kappa shape index (κ2) is 9.98. The van der Waals surface area contributed by atoms with Crippen molar-refractivity contribution in [2.75, 3.05) is 37.7 Å². The standard InChI is InChI=1S/C33H31F2N7O4/c1-2-21-22(35)6-4-17-10-20(43)11-24(26(17)21)42-31(44)28-27-29(41-14-19-5-7-23(36-19)25(41)15-45-30(27)39-42)38-32(37-28)46-16-33-8-3-9-40(33)13-18(34)12-33/h1,4,6,10-11,18-19,23,25,36,43H,3,5,7-9,12-16H2/t18-,19?,23?,25?,33+/m1/s1. The minimum Gasteiger partial charge on any atom is -0.508 e. The number of phenolic OH excluding ortho intramolecular Hbond substituents is 1. The van der Waals surface area contributed by atoms with Gasteiger partial charge in [0.2, 0.25) is 5.88 Å². The zero-order valence-corrected chi connectivity index (χ0v) is 24.9. The number of aromatic nitrogens is 4. The van der Waals surface area contributed by atoms with E-state index in [4.69, 9.17) is 20.9 Å². The maximum atomic E-state index is 14.9. The van der Waals surface area contributed by atoms with Crippen LogP contribution in [0.4, 0.5) is 14.6 Å². The maximum Gasteiger partial charge on any atom is 0.319 e. The molecule has 2 N–H and O–H groups in total. The third-order valence-corrected chi connectivity index (χ3v) is 10.5. The van der Waals surface area contributed by atoms with E-state index in [1.54, 1.807) is 0 Å². The van der Waals surface area contributed by atoms with Gasteiger partial charge in [0.05, 0.1) is 22.8 Å². The zero-order chi connectivity index (χ0) is 31.3. The molecule has 0 radical (unpaired) electrons. The number of anilines is 1. The molecule has 2 aromatic carbocycles. The minimum absolute atomic E-state index is 0.00208. The fourth-order valence-electron chi connectivity index (χ4n) is 8.46. The lowest BCUT2D eigenvalue weighted by molar-refractivity contribution is 0.107. The average molecular weight is 628 g/mol. The van der Waals surface area contributed by atoms with Gasteiger partial charge in [0.15, 0.2) is 5.52 Å². The molecule has 5 atom stereocenters. The number of fused-ring (bicyclic) bond motifs is 7. The average Bonchev–Trinajstić information content (AvgIpc) is 3.68. The fraction of sp³-hybridized carbons (Fsp3) is 0.455. The number of rotatable bonds is 4. The molecule has 7 heterocycles. The van der Waals surface area contributed by atoms with Crippen LogP contribution in [0, 0.1) is 18.2 Å². The number of ether oxygens (including phenoxy) is 2. The number of hydrogen-bond donors (Lipinski definition) is 2. The van der Waals surface area contributed by atoms with Gasteiger partial charge in [0.25, 0.3) is 5.56 Å². The van der Waals surface area contributed by atoms with Crippen LogP contribution in [0.15, 0.2) is 29.1 Å². The quantitative estimate of drug-likeness (QED) is 0.327. The molecule has 11 nitrogen and oxygen atoms in total. The van der Waals surface area contributed by atoms with Crippen molar-refractivity contribution < 1.29 is 23.4 Å². The number of nitrogens with one attached hydrogen (secondary N) is 1. The predicted octanol–water partition coefficient (Wildman–Crippen LogP) is 2.81. The number of terminal acetylenes is 1. The summed E-state index contributed by atoms with van der Waals surface area (Å²) in [6, 6.07) is 5.80. The summed E-state index contributed by atoms with van der Waals surface area (Å²) in [5, 5.41) is 20.0. The Morgan fingerprint density at radius 1 is 1.22 bits per heavy atom. The number of nitrogens with zero attached hydrogens (tertiary/aromatic N) is 6. The summed E-state index contributed by atoms with van der Waals surface area (Å²) >= 11 is 0. The van der Waals surface area contributed by atoms with Crippen molar-refractivity contribution in [2.45, 2.75) is 61.9 Å². The highest BCUT2D eigenvalue weighted by Crippen LogP contribution is 2.42. The monoisotopic (exact) mass is 627 g/mol. The van der Waals surface area contributed by atoms with E-state index in [0.29, 0.717) is 36.1 Å². The predicted molar refractivity (Wildman–Crippen MR) is 165 cm³/mol.